The molecule has 0 saturated heterocycles. The summed E-state index contributed by atoms with van der Waals surface area (Å²) in [6.45, 7) is 0.576. The zero-order valence-electron chi connectivity index (χ0n) is 12.1. The lowest BCUT2D eigenvalue weighted by Crippen LogP contribution is -2.37. The van der Waals surface area contributed by atoms with E-state index in [2.05, 4.69) is 5.32 Å². The van der Waals surface area contributed by atoms with Crippen molar-refractivity contribution in [3.8, 4) is 0 Å². The van der Waals surface area contributed by atoms with Gasteiger partial charge in [-0.25, -0.2) is 8.78 Å². The first kappa shape index (κ1) is 16.9. The van der Waals surface area contributed by atoms with Crippen molar-refractivity contribution in [3.63, 3.8) is 0 Å². The van der Waals surface area contributed by atoms with Crippen molar-refractivity contribution in [1.82, 2.24) is 0 Å². The molecule has 0 aliphatic carbocycles. The number of amides is 2. The van der Waals surface area contributed by atoms with Gasteiger partial charge in [-0.3, -0.25) is 14.5 Å². The Hall–Kier alpha value is -2.47. The molecule has 2 aromatic carbocycles. The highest BCUT2D eigenvalue weighted by molar-refractivity contribution is 6.33. The second-order valence-corrected chi connectivity index (χ2v) is 5.11. The lowest BCUT2D eigenvalue weighted by molar-refractivity contribution is -0.120. The van der Waals surface area contributed by atoms with E-state index in [1.165, 1.54) is 6.07 Å². The molecule has 0 atom stereocenters. The molecule has 2 aromatic rings. The van der Waals surface area contributed by atoms with Gasteiger partial charge in [-0.05, 0) is 24.3 Å². The van der Waals surface area contributed by atoms with Gasteiger partial charge in [-0.2, -0.15) is 0 Å². The summed E-state index contributed by atoms with van der Waals surface area (Å²) < 4.78 is 27.6. The van der Waals surface area contributed by atoms with E-state index < -0.39 is 35.7 Å². The topological polar surface area (TPSA) is 49.4 Å². The number of carbonyl (C=O) groups excluding carboxylic acids is 2. The number of benzene rings is 2. The molecule has 2 rings (SSSR count). The number of anilines is 2. The summed E-state index contributed by atoms with van der Waals surface area (Å²) in [6.07, 6.45) is 0. The quantitative estimate of drug-likeness (QED) is 0.925. The van der Waals surface area contributed by atoms with E-state index in [-0.39, 0.29) is 0 Å². The highest BCUT2D eigenvalue weighted by Gasteiger charge is 2.22. The molecule has 1 N–H and O–H groups in total. The molecular formula is C16H13ClF2N2O2. The fraction of sp³-hybridized carbons (Fsp3) is 0.125. The van der Waals surface area contributed by atoms with E-state index >= 15 is 0 Å². The smallest absolute Gasteiger partial charge is 0.244 e. The number of nitrogens with zero attached hydrogens (tertiary/aromatic N) is 1. The number of halogens is 3. The minimum absolute atomic E-state index is 0.312. The van der Waals surface area contributed by atoms with Crippen molar-refractivity contribution >= 4 is 34.8 Å². The molecule has 2 amide bonds. The first-order valence-corrected chi connectivity index (χ1v) is 7.04. The minimum Gasteiger partial charge on any atom is -0.323 e. The summed E-state index contributed by atoms with van der Waals surface area (Å²) in [4.78, 5) is 24.5. The highest BCUT2D eigenvalue weighted by atomic mass is 35.5. The maximum absolute atomic E-state index is 13.8. The highest BCUT2D eigenvalue weighted by Crippen LogP contribution is 2.24. The molecule has 23 heavy (non-hydrogen) atoms. The average molecular weight is 339 g/mol. The number of para-hydroxylation sites is 2. The van der Waals surface area contributed by atoms with E-state index in [1.807, 2.05) is 0 Å². The molecule has 0 aliphatic heterocycles. The Morgan fingerprint density at radius 3 is 2.26 bits per heavy atom. The molecule has 0 saturated carbocycles. The first-order valence-electron chi connectivity index (χ1n) is 6.66. The van der Waals surface area contributed by atoms with Crippen LogP contribution < -0.4 is 10.2 Å². The summed E-state index contributed by atoms with van der Waals surface area (Å²) in [5, 5.41) is 2.81. The zero-order valence-corrected chi connectivity index (χ0v) is 12.9. The van der Waals surface area contributed by atoms with Crippen LogP contribution in [-0.2, 0) is 9.59 Å². The maximum Gasteiger partial charge on any atom is 0.244 e. The predicted molar refractivity (Wildman–Crippen MR) is 84.5 cm³/mol. The lowest BCUT2D eigenvalue weighted by atomic mass is 10.2. The third kappa shape index (κ3) is 4.04. The predicted octanol–water partition coefficient (Wildman–Crippen LogP) is 3.61. The molecule has 0 fully saturated rings. The van der Waals surface area contributed by atoms with Crippen molar-refractivity contribution in [2.24, 2.45) is 0 Å². The van der Waals surface area contributed by atoms with E-state index in [1.54, 1.807) is 24.3 Å². The van der Waals surface area contributed by atoms with Crippen molar-refractivity contribution in [1.29, 1.82) is 0 Å². The third-order valence-corrected chi connectivity index (χ3v) is 3.37. The average Bonchev–Trinajstić information content (AvgIpc) is 2.48. The third-order valence-electron chi connectivity index (χ3n) is 3.04. The van der Waals surface area contributed by atoms with Crippen molar-refractivity contribution < 1.29 is 18.4 Å². The number of hydrogen-bond donors (Lipinski definition) is 1. The van der Waals surface area contributed by atoms with Crippen LogP contribution >= 0.6 is 11.6 Å². The van der Waals surface area contributed by atoms with Gasteiger partial charge in [0, 0.05) is 6.92 Å². The largest absolute Gasteiger partial charge is 0.323 e. The fourth-order valence-electron chi connectivity index (χ4n) is 1.99. The Labute approximate surface area is 136 Å². The molecule has 0 radical (unpaired) electrons. The van der Waals surface area contributed by atoms with Gasteiger partial charge >= 0.3 is 0 Å². The normalized spacial score (nSPS) is 10.3. The van der Waals surface area contributed by atoms with Crippen LogP contribution in [-0.4, -0.2) is 18.4 Å². The second-order valence-electron chi connectivity index (χ2n) is 4.70. The number of carbonyl (C=O) groups is 2. The number of hydrogen-bond acceptors (Lipinski definition) is 2. The fourth-order valence-corrected chi connectivity index (χ4v) is 2.17. The summed E-state index contributed by atoms with van der Waals surface area (Å²) in [7, 11) is 0. The van der Waals surface area contributed by atoms with E-state index in [9.17, 15) is 18.4 Å². The summed E-state index contributed by atoms with van der Waals surface area (Å²) in [5.41, 5.74) is -0.217. The van der Waals surface area contributed by atoms with Crippen molar-refractivity contribution in [2.75, 3.05) is 16.8 Å². The van der Waals surface area contributed by atoms with E-state index in [4.69, 9.17) is 11.6 Å². The van der Waals surface area contributed by atoms with Crippen LogP contribution in [0.25, 0.3) is 0 Å². The van der Waals surface area contributed by atoms with Crippen LogP contribution in [0.2, 0.25) is 5.02 Å². The van der Waals surface area contributed by atoms with Crippen LogP contribution in [0.3, 0.4) is 0 Å². The van der Waals surface area contributed by atoms with Gasteiger partial charge < -0.3 is 5.32 Å². The Morgan fingerprint density at radius 2 is 1.70 bits per heavy atom. The molecule has 0 heterocycles. The molecule has 0 aliphatic rings. The van der Waals surface area contributed by atoms with Crippen LogP contribution in [0.15, 0.2) is 42.5 Å². The van der Waals surface area contributed by atoms with Gasteiger partial charge in [0.15, 0.2) is 0 Å². The molecule has 4 nitrogen and oxygen atoms in total. The monoisotopic (exact) mass is 338 g/mol. The zero-order chi connectivity index (χ0) is 17.0. The molecule has 120 valence electrons. The molecule has 0 spiro atoms. The summed E-state index contributed by atoms with van der Waals surface area (Å²) in [5.74, 6) is -3.14. The van der Waals surface area contributed by atoms with Gasteiger partial charge in [0.05, 0.1) is 10.7 Å². The van der Waals surface area contributed by atoms with Crippen LogP contribution in [0.5, 0.6) is 0 Å². The van der Waals surface area contributed by atoms with Gasteiger partial charge in [0.25, 0.3) is 0 Å². The van der Waals surface area contributed by atoms with Gasteiger partial charge in [-0.1, -0.05) is 29.8 Å². The van der Waals surface area contributed by atoms with Gasteiger partial charge in [0.1, 0.15) is 23.9 Å². The molecule has 7 heteroatoms. The molecular weight excluding hydrogens is 326 g/mol. The van der Waals surface area contributed by atoms with E-state index in [0.29, 0.717) is 10.7 Å². The Morgan fingerprint density at radius 1 is 1.09 bits per heavy atom. The van der Waals surface area contributed by atoms with Gasteiger partial charge in [0.2, 0.25) is 11.8 Å². The number of nitrogens with one attached hydrogen (secondary N) is 1. The summed E-state index contributed by atoms with van der Waals surface area (Å²) in [6, 6.07) is 9.71. The minimum atomic E-state index is -0.925. The Balaban J connectivity index is 2.22. The van der Waals surface area contributed by atoms with Crippen LogP contribution in [0.4, 0.5) is 20.2 Å². The molecule has 0 bridgehead atoms. The van der Waals surface area contributed by atoms with Crippen molar-refractivity contribution in [2.45, 2.75) is 6.92 Å². The van der Waals surface area contributed by atoms with Gasteiger partial charge in [-0.15, -0.1) is 0 Å². The first-order chi connectivity index (χ1) is 10.9. The van der Waals surface area contributed by atoms with Crippen LogP contribution in [0, 0.1) is 11.6 Å². The van der Waals surface area contributed by atoms with E-state index in [0.717, 1.165) is 24.0 Å². The lowest BCUT2D eigenvalue weighted by Gasteiger charge is -2.21. The second kappa shape index (κ2) is 7.19. The summed E-state index contributed by atoms with van der Waals surface area (Å²) >= 11 is 5.92. The van der Waals surface area contributed by atoms with Crippen LogP contribution in [0.1, 0.15) is 6.92 Å². The maximum atomic E-state index is 13.8. The standard InChI is InChI=1S/C16H13ClF2N2O2/c1-10(22)21(16-12(18)6-4-7-13(16)19)9-15(23)20-14-8-3-2-5-11(14)17/h2-8H,9H2,1H3,(H,20,23). The SMILES string of the molecule is CC(=O)N(CC(=O)Nc1ccccc1Cl)c1c(F)cccc1F. The Kier molecular flexibility index (Phi) is 5.28. The Bertz CT molecular complexity index is 732. The van der Waals surface area contributed by atoms with Crippen molar-refractivity contribution in [3.05, 3.63) is 59.1 Å². The number of rotatable bonds is 4. The molecule has 0 aromatic heterocycles. The molecule has 0 unspecified atom stereocenters.